The van der Waals surface area contributed by atoms with E-state index in [9.17, 15) is 9.18 Å². The van der Waals surface area contributed by atoms with Crippen LogP contribution < -0.4 is 5.32 Å². The van der Waals surface area contributed by atoms with Crippen LogP contribution in [0.25, 0.3) is 0 Å². The van der Waals surface area contributed by atoms with Gasteiger partial charge < -0.3 is 10.4 Å². The first kappa shape index (κ1) is 13.1. The lowest BCUT2D eigenvalue weighted by Gasteiger charge is -2.09. The Morgan fingerprint density at radius 2 is 2.32 bits per heavy atom. The lowest BCUT2D eigenvalue weighted by molar-refractivity contribution is 0.0697. The fourth-order valence-electron chi connectivity index (χ4n) is 1.74. The molecule has 0 aliphatic carbocycles. The molecule has 19 heavy (non-hydrogen) atoms. The number of anilines is 1. The number of halogens is 1. The van der Waals surface area contributed by atoms with Crippen molar-refractivity contribution in [1.82, 2.24) is 9.78 Å². The second kappa shape index (κ2) is 5.99. The van der Waals surface area contributed by atoms with Gasteiger partial charge in [-0.2, -0.15) is 5.10 Å². The van der Waals surface area contributed by atoms with Gasteiger partial charge in [-0.3, -0.25) is 4.68 Å². The molecule has 0 radical (unpaired) electrons. The summed E-state index contributed by atoms with van der Waals surface area (Å²) in [5, 5.41) is 16.0. The van der Waals surface area contributed by atoms with Gasteiger partial charge >= 0.3 is 5.97 Å². The largest absolute Gasteiger partial charge is 0.478 e. The van der Waals surface area contributed by atoms with Crippen LogP contribution in [0.1, 0.15) is 16.8 Å². The van der Waals surface area contributed by atoms with Crippen LogP contribution in [-0.2, 0) is 6.54 Å². The number of aromatic nitrogens is 2. The Hall–Kier alpha value is -2.37. The Morgan fingerprint density at radius 3 is 3.00 bits per heavy atom. The molecule has 0 amide bonds. The molecule has 1 aromatic heterocycles. The number of nitrogens with zero attached hydrogens (tertiary/aromatic N) is 2. The number of nitrogens with one attached hydrogen (secondary N) is 1. The van der Waals surface area contributed by atoms with Crippen molar-refractivity contribution in [2.75, 3.05) is 11.9 Å². The Morgan fingerprint density at radius 1 is 1.47 bits per heavy atom. The van der Waals surface area contributed by atoms with E-state index in [1.165, 1.54) is 12.1 Å². The summed E-state index contributed by atoms with van der Waals surface area (Å²) in [6.07, 6.45) is 4.36. The number of hydrogen-bond donors (Lipinski definition) is 2. The average molecular weight is 263 g/mol. The maximum atomic E-state index is 13.0. The number of hydrogen-bond acceptors (Lipinski definition) is 3. The molecule has 0 unspecified atom stereocenters. The third-order valence-corrected chi connectivity index (χ3v) is 2.65. The van der Waals surface area contributed by atoms with Crippen LogP contribution in [0.15, 0.2) is 36.7 Å². The van der Waals surface area contributed by atoms with Gasteiger partial charge in [-0.15, -0.1) is 0 Å². The van der Waals surface area contributed by atoms with Gasteiger partial charge in [0.05, 0.1) is 5.56 Å². The number of carboxylic acids is 1. The summed E-state index contributed by atoms with van der Waals surface area (Å²) in [6.45, 7) is 1.33. The van der Waals surface area contributed by atoms with Crippen molar-refractivity contribution in [2.45, 2.75) is 13.0 Å². The molecule has 6 heteroatoms. The summed E-state index contributed by atoms with van der Waals surface area (Å²) in [6, 6.07) is 5.53. The van der Waals surface area contributed by atoms with Gasteiger partial charge in [0.2, 0.25) is 0 Å². The van der Waals surface area contributed by atoms with E-state index in [0.717, 1.165) is 19.0 Å². The van der Waals surface area contributed by atoms with Crippen molar-refractivity contribution in [1.29, 1.82) is 0 Å². The van der Waals surface area contributed by atoms with Crippen LogP contribution in [-0.4, -0.2) is 27.4 Å². The highest BCUT2D eigenvalue weighted by Gasteiger charge is 2.10. The van der Waals surface area contributed by atoms with E-state index in [2.05, 4.69) is 10.4 Å². The summed E-state index contributed by atoms with van der Waals surface area (Å²) in [5.74, 6) is -1.70. The summed E-state index contributed by atoms with van der Waals surface area (Å²) in [4.78, 5) is 11.0. The SMILES string of the molecule is O=C(O)c1cc(F)ccc1NCCCn1cccn1. The molecule has 0 aliphatic rings. The number of carboxylic acid groups (broad SMARTS) is 1. The topological polar surface area (TPSA) is 67.2 Å². The van der Waals surface area contributed by atoms with Crippen molar-refractivity contribution in [3.05, 3.63) is 48.0 Å². The minimum Gasteiger partial charge on any atom is -0.478 e. The minimum atomic E-state index is -1.14. The first-order chi connectivity index (χ1) is 9.16. The summed E-state index contributed by atoms with van der Waals surface area (Å²) in [7, 11) is 0. The maximum Gasteiger partial charge on any atom is 0.337 e. The molecule has 2 aromatic rings. The quantitative estimate of drug-likeness (QED) is 0.784. The molecule has 1 aromatic carbocycles. The van der Waals surface area contributed by atoms with Gasteiger partial charge in [0.15, 0.2) is 0 Å². The normalized spacial score (nSPS) is 10.4. The molecular weight excluding hydrogens is 249 g/mol. The molecule has 5 nitrogen and oxygen atoms in total. The van der Waals surface area contributed by atoms with Crippen molar-refractivity contribution < 1.29 is 14.3 Å². The Balaban J connectivity index is 1.90. The van der Waals surface area contributed by atoms with Gasteiger partial charge in [0.1, 0.15) is 5.82 Å². The molecule has 0 bridgehead atoms. The molecule has 1 heterocycles. The molecule has 0 aliphatic heterocycles. The number of carbonyl (C=O) groups is 1. The number of rotatable bonds is 6. The third-order valence-electron chi connectivity index (χ3n) is 2.65. The highest BCUT2D eigenvalue weighted by atomic mass is 19.1. The predicted octanol–water partition coefficient (Wildman–Crippen LogP) is 2.22. The highest BCUT2D eigenvalue weighted by Crippen LogP contribution is 2.17. The van der Waals surface area contributed by atoms with Crippen LogP contribution in [0.3, 0.4) is 0 Å². The van der Waals surface area contributed by atoms with Gasteiger partial charge in [0, 0.05) is 31.2 Å². The number of aromatic carboxylic acids is 1. The van der Waals surface area contributed by atoms with E-state index in [-0.39, 0.29) is 5.56 Å². The van der Waals surface area contributed by atoms with Crippen LogP contribution >= 0.6 is 0 Å². The highest BCUT2D eigenvalue weighted by molar-refractivity contribution is 5.94. The molecule has 0 fully saturated rings. The summed E-state index contributed by atoms with van der Waals surface area (Å²) in [5.41, 5.74) is 0.369. The lowest BCUT2D eigenvalue weighted by Crippen LogP contribution is -2.10. The molecule has 2 N–H and O–H groups in total. The molecule has 0 saturated carbocycles. The van der Waals surface area contributed by atoms with Crippen molar-refractivity contribution >= 4 is 11.7 Å². The van der Waals surface area contributed by atoms with Gasteiger partial charge in [-0.05, 0) is 30.7 Å². The summed E-state index contributed by atoms with van der Waals surface area (Å²) >= 11 is 0. The first-order valence-corrected chi connectivity index (χ1v) is 5.91. The van der Waals surface area contributed by atoms with Crippen molar-refractivity contribution in [3.63, 3.8) is 0 Å². The van der Waals surface area contributed by atoms with E-state index < -0.39 is 11.8 Å². The van der Waals surface area contributed by atoms with Crippen LogP contribution in [0.2, 0.25) is 0 Å². The smallest absolute Gasteiger partial charge is 0.337 e. The zero-order valence-electron chi connectivity index (χ0n) is 10.2. The van der Waals surface area contributed by atoms with Crippen LogP contribution in [0.4, 0.5) is 10.1 Å². The van der Waals surface area contributed by atoms with E-state index in [0.29, 0.717) is 12.2 Å². The van der Waals surface area contributed by atoms with Crippen molar-refractivity contribution in [2.24, 2.45) is 0 Å². The predicted molar refractivity (Wildman–Crippen MR) is 68.7 cm³/mol. The maximum absolute atomic E-state index is 13.0. The van der Waals surface area contributed by atoms with Gasteiger partial charge in [0.25, 0.3) is 0 Å². The Bertz CT molecular complexity index is 555. The van der Waals surface area contributed by atoms with Gasteiger partial charge in [-0.1, -0.05) is 0 Å². The Labute approximate surface area is 109 Å². The standard InChI is InChI=1S/C13H14FN3O2/c14-10-3-4-12(11(9-10)13(18)19)15-5-1-7-17-8-2-6-16-17/h2-4,6,8-9,15H,1,5,7H2,(H,18,19). The lowest BCUT2D eigenvalue weighted by atomic mass is 10.1. The van der Waals surface area contributed by atoms with Crippen LogP contribution in [0.5, 0.6) is 0 Å². The molecule has 100 valence electrons. The fraction of sp³-hybridized carbons (Fsp3) is 0.231. The molecule has 0 spiro atoms. The first-order valence-electron chi connectivity index (χ1n) is 5.91. The van der Waals surface area contributed by atoms with Crippen LogP contribution in [0, 0.1) is 5.82 Å². The summed E-state index contributed by atoms with van der Waals surface area (Å²) < 4.78 is 14.8. The molecule has 2 rings (SSSR count). The van der Waals surface area contributed by atoms with Gasteiger partial charge in [-0.25, -0.2) is 9.18 Å². The molecule has 0 saturated heterocycles. The average Bonchev–Trinajstić information content (AvgIpc) is 2.89. The molecular formula is C13H14FN3O2. The number of benzene rings is 1. The monoisotopic (exact) mass is 263 g/mol. The van der Waals surface area contributed by atoms with E-state index in [4.69, 9.17) is 5.11 Å². The zero-order valence-corrected chi connectivity index (χ0v) is 10.2. The second-order valence-corrected chi connectivity index (χ2v) is 4.04. The van der Waals surface area contributed by atoms with E-state index >= 15 is 0 Å². The number of aryl methyl sites for hydroxylation is 1. The van der Waals surface area contributed by atoms with E-state index in [1.54, 1.807) is 10.9 Å². The molecule has 0 atom stereocenters. The fourth-order valence-corrected chi connectivity index (χ4v) is 1.74. The zero-order chi connectivity index (χ0) is 13.7. The minimum absolute atomic E-state index is 0.0564. The Kier molecular flexibility index (Phi) is 4.12. The van der Waals surface area contributed by atoms with Crippen molar-refractivity contribution in [3.8, 4) is 0 Å². The second-order valence-electron chi connectivity index (χ2n) is 4.04. The third kappa shape index (κ3) is 3.54. The van der Waals surface area contributed by atoms with E-state index in [1.807, 2.05) is 12.3 Å².